The second-order valence-corrected chi connectivity index (χ2v) is 18.2. The molecule has 5 rings (SSSR count). The third-order valence-corrected chi connectivity index (χ3v) is 13.8. The van der Waals surface area contributed by atoms with Gasteiger partial charge < -0.3 is 0 Å². The first-order valence-corrected chi connectivity index (χ1v) is 21.7. The maximum Gasteiger partial charge on any atom is 0.0918 e. The molecule has 0 saturated carbocycles. The summed E-state index contributed by atoms with van der Waals surface area (Å²) in [6.45, 7) is 4.56. The molecule has 254 valence electrons. The first-order valence-electron chi connectivity index (χ1n) is 18.5. The minimum Gasteiger partial charge on any atom is -0.193 e. The van der Waals surface area contributed by atoms with Gasteiger partial charge in [-0.05, 0) is 126 Å². The molecule has 1 aliphatic carbocycles. The Hall–Kier alpha value is -1.97. The van der Waals surface area contributed by atoms with Crippen LogP contribution in [0, 0.1) is 11.3 Å². The van der Waals surface area contributed by atoms with Gasteiger partial charge in [-0.25, -0.2) is 0 Å². The van der Waals surface area contributed by atoms with E-state index in [1.165, 1.54) is 153 Å². The van der Waals surface area contributed by atoms with E-state index in [2.05, 4.69) is 100 Å². The highest BCUT2D eigenvalue weighted by molar-refractivity contribution is 9.11. The number of rotatable bonds is 20. The number of aryl methyl sites for hydroxylation is 2. The van der Waals surface area contributed by atoms with Gasteiger partial charge in [0.05, 0.1) is 13.6 Å². The number of thiophene rings is 2. The average Bonchev–Trinajstić information content (AvgIpc) is 3.76. The van der Waals surface area contributed by atoms with Crippen LogP contribution in [0.1, 0.15) is 139 Å². The molecule has 48 heavy (non-hydrogen) atoms. The van der Waals surface area contributed by atoms with Crippen LogP contribution in [0.5, 0.6) is 0 Å². The van der Waals surface area contributed by atoms with Crippen LogP contribution >= 0.6 is 54.5 Å². The minimum atomic E-state index is 1.04. The van der Waals surface area contributed by atoms with E-state index in [0.717, 1.165) is 29.5 Å². The van der Waals surface area contributed by atoms with Crippen LogP contribution in [-0.4, -0.2) is 0 Å². The number of hydrogen-bond donors (Lipinski definition) is 0. The highest BCUT2D eigenvalue weighted by atomic mass is 79.9. The van der Waals surface area contributed by atoms with E-state index in [-0.39, 0.29) is 0 Å². The van der Waals surface area contributed by atoms with Crippen LogP contribution < -0.4 is 0 Å². The molecule has 2 heterocycles. The summed E-state index contributed by atoms with van der Waals surface area (Å²) in [5, 5.41) is 9.84. The predicted octanol–water partition coefficient (Wildman–Crippen LogP) is 16.0. The van der Waals surface area contributed by atoms with Crippen LogP contribution in [-0.2, 0) is 12.8 Å². The molecular weight excluding hydrogens is 754 g/mol. The Morgan fingerprint density at radius 3 is 1.33 bits per heavy atom. The van der Waals surface area contributed by atoms with Crippen LogP contribution in [0.25, 0.3) is 37.6 Å². The average molecular weight is 806 g/mol. The lowest BCUT2D eigenvalue weighted by molar-refractivity contribution is 0.575. The topological polar surface area (TPSA) is 23.8 Å². The Labute approximate surface area is 315 Å². The lowest BCUT2D eigenvalue weighted by Crippen LogP contribution is -1.86. The Morgan fingerprint density at radius 2 is 0.938 bits per heavy atom. The van der Waals surface area contributed by atoms with E-state index in [1.807, 2.05) is 22.7 Å². The van der Waals surface area contributed by atoms with Gasteiger partial charge >= 0.3 is 0 Å². The minimum absolute atomic E-state index is 1.04. The van der Waals surface area contributed by atoms with Crippen molar-refractivity contribution in [3.8, 4) is 38.1 Å². The van der Waals surface area contributed by atoms with E-state index < -0.39 is 0 Å². The Bertz CT molecular complexity index is 1590. The Kier molecular flexibility index (Phi) is 15.1. The Balaban J connectivity index is 1.24. The molecule has 0 unspecified atom stereocenters. The molecule has 0 N–H and O–H groups in total. The summed E-state index contributed by atoms with van der Waals surface area (Å²) in [5.74, 6) is 0. The summed E-state index contributed by atoms with van der Waals surface area (Å²) in [7, 11) is 0. The largest absolute Gasteiger partial charge is 0.193 e. The molecule has 0 aliphatic heterocycles. The zero-order valence-corrected chi connectivity index (χ0v) is 33.7. The van der Waals surface area contributed by atoms with Crippen molar-refractivity contribution in [1.82, 2.24) is 0 Å². The highest BCUT2D eigenvalue weighted by Gasteiger charge is 2.25. The maximum absolute atomic E-state index is 9.84. The fraction of sp³-hybridized carbons (Fsp3) is 0.465. The van der Waals surface area contributed by atoms with E-state index >= 15 is 0 Å². The number of nitriles is 1. The van der Waals surface area contributed by atoms with E-state index in [1.54, 1.807) is 6.08 Å². The summed E-state index contributed by atoms with van der Waals surface area (Å²) < 4.78 is 2.51. The second kappa shape index (κ2) is 19.4. The Morgan fingerprint density at radius 1 is 0.542 bits per heavy atom. The molecule has 0 radical (unpaired) electrons. The number of fused-ring (bicyclic) bond motifs is 3. The predicted molar refractivity (Wildman–Crippen MR) is 219 cm³/mol. The lowest BCUT2D eigenvalue weighted by Gasteiger charge is -2.05. The molecule has 1 aliphatic rings. The molecular formula is C43H51Br2NS2. The van der Waals surface area contributed by atoms with Gasteiger partial charge in [0.1, 0.15) is 0 Å². The van der Waals surface area contributed by atoms with Crippen LogP contribution in [0.2, 0.25) is 0 Å². The number of benzene rings is 2. The summed E-state index contributed by atoms with van der Waals surface area (Å²) in [6, 6.07) is 20.8. The number of unbranched alkanes of at least 4 members (excludes halogenated alkanes) is 14. The molecule has 4 aromatic rings. The van der Waals surface area contributed by atoms with E-state index in [0.29, 0.717) is 0 Å². The van der Waals surface area contributed by atoms with Gasteiger partial charge in [-0.2, -0.15) is 5.26 Å². The zero-order chi connectivity index (χ0) is 33.7. The summed E-state index contributed by atoms with van der Waals surface area (Å²) in [4.78, 5) is 2.58. The molecule has 2 aromatic heterocycles. The van der Waals surface area contributed by atoms with Gasteiger partial charge in [0.2, 0.25) is 0 Å². The molecule has 0 amide bonds. The van der Waals surface area contributed by atoms with Crippen LogP contribution in [0.3, 0.4) is 0 Å². The van der Waals surface area contributed by atoms with Crippen molar-refractivity contribution in [2.24, 2.45) is 0 Å². The smallest absolute Gasteiger partial charge is 0.0918 e. The molecule has 0 bridgehead atoms. The molecule has 0 saturated heterocycles. The van der Waals surface area contributed by atoms with E-state index in [4.69, 9.17) is 0 Å². The van der Waals surface area contributed by atoms with Crippen molar-refractivity contribution >= 4 is 60.1 Å². The van der Waals surface area contributed by atoms with Crippen molar-refractivity contribution in [3.05, 3.63) is 84.4 Å². The number of nitrogens with zero attached hydrogens (tertiary/aromatic N) is 1. The van der Waals surface area contributed by atoms with Crippen molar-refractivity contribution in [1.29, 1.82) is 5.26 Å². The van der Waals surface area contributed by atoms with Crippen molar-refractivity contribution in [2.75, 3.05) is 0 Å². The number of allylic oxidation sites excluding steroid dienone is 1. The van der Waals surface area contributed by atoms with Gasteiger partial charge in [0, 0.05) is 21.4 Å². The highest BCUT2D eigenvalue weighted by Crippen LogP contribution is 2.48. The standard InChI is InChI=1S/C43H51Br2NS2/c1-3-5-7-9-11-13-15-17-19-33-29-40(47-42(33)44)31-21-23-35-36-24-22-32(28-39(36)37(25-26-46)38(35)27-31)41-30-34(43(45)48-41)20-18-16-14-12-10-8-6-4-2/h21-25,27-30H,3-20H2,1-2H3. The molecule has 2 aromatic carbocycles. The monoisotopic (exact) mass is 803 g/mol. The van der Waals surface area contributed by atoms with Crippen molar-refractivity contribution in [2.45, 2.75) is 129 Å². The van der Waals surface area contributed by atoms with Crippen molar-refractivity contribution in [3.63, 3.8) is 0 Å². The quantitative estimate of drug-likeness (QED) is 0.0568. The fourth-order valence-corrected chi connectivity index (χ4v) is 10.5. The third kappa shape index (κ3) is 9.84. The van der Waals surface area contributed by atoms with Gasteiger partial charge in [0.25, 0.3) is 0 Å². The maximum atomic E-state index is 9.84. The van der Waals surface area contributed by atoms with Crippen LogP contribution in [0.15, 0.2) is 62.2 Å². The third-order valence-electron chi connectivity index (χ3n) is 9.80. The number of hydrogen-bond acceptors (Lipinski definition) is 3. The number of halogens is 2. The SMILES string of the molecule is CCCCCCCCCCc1cc(-c2ccc3c(c2)C(=CC#N)c2cc(-c4cc(CCCCCCCCCC)c(Br)s4)ccc2-3)sc1Br. The van der Waals surface area contributed by atoms with Gasteiger partial charge in [0.15, 0.2) is 0 Å². The zero-order valence-electron chi connectivity index (χ0n) is 28.9. The lowest BCUT2D eigenvalue weighted by atomic mass is 10.00. The van der Waals surface area contributed by atoms with Crippen LogP contribution in [0.4, 0.5) is 0 Å². The molecule has 5 heteroatoms. The first kappa shape index (κ1) is 37.3. The molecule has 0 fully saturated rings. The second-order valence-electron chi connectivity index (χ2n) is 13.5. The van der Waals surface area contributed by atoms with Crippen molar-refractivity contribution < 1.29 is 0 Å². The van der Waals surface area contributed by atoms with Gasteiger partial charge in [-0.3, -0.25) is 0 Å². The first-order chi connectivity index (χ1) is 23.5. The summed E-state index contributed by atoms with van der Waals surface area (Å²) in [5.41, 5.74) is 11.1. The summed E-state index contributed by atoms with van der Waals surface area (Å²) in [6.07, 6.45) is 25.5. The van der Waals surface area contributed by atoms with E-state index in [9.17, 15) is 5.26 Å². The normalized spacial score (nSPS) is 11.9. The molecule has 0 spiro atoms. The molecule has 1 nitrogen and oxygen atoms in total. The molecule has 0 atom stereocenters. The van der Waals surface area contributed by atoms with Gasteiger partial charge in [-0.15, -0.1) is 22.7 Å². The van der Waals surface area contributed by atoms with Gasteiger partial charge in [-0.1, -0.05) is 128 Å². The fourth-order valence-electron chi connectivity index (χ4n) is 7.01. The summed E-state index contributed by atoms with van der Waals surface area (Å²) >= 11 is 11.4.